The van der Waals surface area contributed by atoms with Gasteiger partial charge in [-0.3, -0.25) is 4.90 Å². The molecule has 118 valence electrons. The van der Waals surface area contributed by atoms with Crippen molar-refractivity contribution in [3.8, 4) is 0 Å². The summed E-state index contributed by atoms with van der Waals surface area (Å²) >= 11 is 0. The van der Waals surface area contributed by atoms with Gasteiger partial charge in [0, 0.05) is 37.9 Å². The largest absolute Gasteiger partial charge is 0.369 e. The Labute approximate surface area is 128 Å². The van der Waals surface area contributed by atoms with Gasteiger partial charge in [-0.1, -0.05) is 13.8 Å². The molecule has 1 heterocycles. The van der Waals surface area contributed by atoms with Crippen molar-refractivity contribution in [1.29, 1.82) is 0 Å². The molecule has 2 rings (SSSR count). The Balaban J connectivity index is 2.05. The highest BCUT2D eigenvalue weighted by Gasteiger charge is 2.22. The van der Waals surface area contributed by atoms with Crippen molar-refractivity contribution in [2.45, 2.75) is 39.8 Å². The minimum atomic E-state index is -0.133. The molecule has 1 aliphatic rings. The minimum absolute atomic E-state index is 0.133. The van der Waals surface area contributed by atoms with Gasteiger partial charge in [0.2, 0.25) is 0 Å². The first-order valence-electron chi connectivity index (χ1n) is 8.13. The number of hydrogen-bond acceptors (Lipinski definition) is 3. The standard InChI is InChI=1S/C17H28FN3/c1-4-6-19-12-15-9-16(18)11-17(10-15)21-8-7-20(5-2)14(3)13-21/h9-11,14,19H,4-8,12-13H2,1-3H3. The molecule has 1 N–H and O–H groups in total. The Hall–Kier alpha value is -1.13. The van der Waals surface area contributed by atoms with Crippen LogP contribution in [-0.2, 0) is 6.54 Å². The average Bonchev–Trinajstić information content (AvgIpc) is 2.47. The molecule has 1 aliphatic heterocycles. The maximum atomic E-state index is 13.9. The molecular weight excluding hydrogens is 265 g/mol. The molecule has 0 bridgehead atoms. The molecule has 0 amide bonds. The van der Waals surface area contributed by atoms with Crippen LogP contribution in [0.1, 0.15) is 32.8 Å². The minimum Gasteiger partial charge on any atom is -0.369 e. The molecule has 0 radical (unpaired) electrons. The SMILES string of the molecule is CCCNCc1cc(F)cc(N2CCN(CC)C(C)C2)c1. The molecule has 1 atom stereocenters. The maximum Gasteiger partial charge on any atom is 0.125 e. The lowest BCUT2D eigenvalue weighted by molar-refractivity contribution is 0.199. The topological polar surface area (TPSA) is 18.5 Å². The summed E-state index contributed by atoms with van der Waals surface area (Å²) < 4.78 is 13.9. The summed E-state index contributed by atoms with van der Waals surface area (Å²) in [5.74, 6) is -0.133. The van der Waals surface area contributed by atoms with Crippen LogP contribution in [0, 0.1) is 5.82 Å². The summed E-state index contributed by atoms with van der Waals surface area (Å²) in [5, 5.41) is 3.34. The Morgan fingerprint density at radius 3 is 2.71 bits per heavy atom. The molecule has 0 aliphatic carbocycles. The second kappa shape index (κ2) is 7.76. The lowest BCUT2D eigenvalue weighted by Crippen LogP contribution is -2.51. The maximum absolute atomic E-state index is 13.9. The van der Waals surface area contributed by atoms with Gasteiger partial charge >= 0.3 is 0 Å². The van der Waals surface area contributed by atoms with Crippen molar-refractivity contribution >= 4 is 5.69 Å². The zero-order valence-electron chi connectivity index (χ0n) is 13.5. The van der Waals surface area contributed by atoms with Crippen LogP contribution in [0.2, 0.25) is 0 Å². The number of anilines is 1. The van der Waals surface area contributed by atoms with Crippen molar-refractivity contribution in [3.63, 3.8) is 0 Å². The van der Waals surface area contributed by atoms with Gasteiger partial charge in [0.1, 0.15) is 5.82 Å². The number of nitrogens with one attached hydrogen (secondary N) is 1. The van der Waals surface area contributed by atoms with E-state index in [0.29, 0.717) is 6.04 Å². The molecule has 1 aromatic carbocycles. The molecule has 1 fully saturated rings. The van der Waals surface area contributed by atoms with E-state index in [9.17, 15) is 4.39 Å². The Bertz CT molecular complexity index is 450. The van der Waals surface area contributed by atoms with Crippen LogP contribution in [-0.4, -0.2) is 43.7 Å². The molecule has 4 heteroatoms. The number of halogens is 1. The van der Waals surface area contributed by atoms with Gasteiger partial charge in [0.15, 0.2) is 0 Å². The van der Waals surface area contributed by atoms with Crippen molar-refractivity contribution in [1.82, 2.24) is 10.2 Å². The summed E-state index contributed by atoms with van der Waals surface area (Å²) in [6, 6.07) is 5.95. The van der Waals surface area contributed by atoms with Crippen molar-refractivity contribution in [3.05, 3.63) is 29.6 Å². The third-order valence-electron chi connectivity index (χ3n) is 4.23. The molecule has 21 heavy (non-hydrogen) atoms. The lowest BCUT2D eigenvalue weighted by Gasteiger charge is -2.40. The monoisotopic (exact) mass is 293 g/mol. The van der Waals surface area contributed by atoms with Gasteiger partial charge in [0.25, 0.3) is 0 Å². The van der Waals surface area contributed by atoms with Crippen molar-refractivity contribution in [2.75, 3.05) is 37.6 Å². The third kappa shape index (κ3) is 4.42. The van der Waals surface area contributed by atoms with E-state index < -0.39 is 0 Å². The predicted octanol–water partition coefficient (Wildman–Crippen LogP) is 2.86. The van der Waals surface area contributed by atoms with Crippen molar-refractivity contribution in [2.24, 2.45) is 0 Å². The van der Waals surface area contributed by atoms with E-state index >= 15 is 0 Å². The highest BCUT2D eigenvalue weighted by molar-refractivity contribution is 5.49. The summed E-state index contributed by atoms with van der Waals surface area (Å²) in [6.45, 7) is 12.4. The van der Waals surface area contributed by atoms with Gasteiger partial charge in [-0.15, -0.1) is 0 Å². The first kappa shape index (κ1) is 16.2. The van der Waals surface area contributed by atoms with Crippen LogP contribution in [0.4, 0.5) is 10.1 Å². The number of likely N-dealkylation sites (N-methyl/N-ethyl adjacent to an activating group) is 1. The summed E-state index contributed by atoms with van der Waals surface area (Å²) in [4.78, 5) is 4.78. The van der Waals surface area contributed by atoms with Gasteiger partial charge in [-0.05, 0) is 50.2 Å². The molecule has 0 spiro atoms. The summed E-state index contributed by atoms with van der Waals surface area (Å²) in [5.41, 5.74) is 2.05. The van der Waals surface area contributed by atoms with Gasteiger partial charge in [-0.25, -0.2) is 4.39 Å². The van der Waals surface area contributed by atoms with Crippen LogP contribution in [0.3, 0.4) is 0 Å². The smallest absolute Gasteiger partial charge is 0.125 e. The fraction of sp³-hybridized carbons (Fsp3) is 0.647. The van der Waals surface area contributed by atoms with E-state index in [1.54, 1.807) is 12.1 Å². The highest BCUT2D eigenvalue weighted by atomic mass is 19.1. The molecule has 1 saturated heterocycles. The molecule has 1 aromatic rings. The van der Waals surface area contributed by atoms with E-state index in [2.05, 4.69) is 42.0 Å². The van der Waals surface area contributed by atoms with E-state index in [0.717, 1.165) is 56.9 Å². The first-order chi connectivity index (χ1) is 10.1. The van der Waals surface area contributed by atoms with E-state index in [-0.39, 0.29) is 5.82 Å². The molecule has 3 nitrogen and oxygen atoms in total. The number of piperazine rings is 1. The third-order valence-corrected chi connectivity index (χ3v) is 4.23. The highest BCUT2D eigenvalue weighted by Crippen LogP contribution is 2.22. The lowest BCUT2D eigenvalue weighted by atomic mass is 10.1. The number of hydrogen-bond donors (Lipinski definition) is 1. The predicted molar refractivity (Wildman–Crippen MR) is 87.3 cm³/mol. The summed E-state index contributed by atoms with van der Waals surface area (Å²) in [7, 11) is 0. The quantitative estimate of drug-likeness (QED) is 0.814. The van der Waals surface area contributed by atoms with E-state index in [1.807, 2.05) is 0 Å². The molecule has 0 saturated carbocycles. The summed E-state index contributed by atoms with van der Waals surface area (Å²) in [6.07, 6.45) is 1.10. The second-order valence-corrected chi connectivity index (χ2v) is 5.92. The van der Waals surface area contributed by atoms with E-state index in [1.165, 1.54) is 0 Å². The fourth-order valence-electron chi connectivity index (χ4n) is 3.03. The normalized spacial score (nSPS) is 20.0. The molecule has 0 aromatic heterocycles. The zero-order chi connectivity index (χ0) is 15.2. The Morgan fingerprint density at radius 2 is 2.05 bits per heavy atom. The molecular formula is C17H28FN3. The average molecular weight is 293 g/mol. The fourth-order valence-corrected chi connectivity index (χ4v) is 3.03. The van der Waals surface area contributed by atoms with Gasteiger partial charge in [0.05, 0.1) is 0 Å². The Kier molecular flexibility index (Phi) is 6.00. The van der Waals surface area contributed by atoms with Crippen LogP contribution in [0.5, 0.6) is 0 Å². The number of benzene rings is 1. The van der Waals surface area contributed by atoms with Crippen LogP contribution in [0.25, 0.3) is 0 Å². The van der Waals surface area contributed by atoms with Gasteiger partial charge < -0.3 is 10.2 Å². The van der Waals surface area contributed by atoms with Crippen LogP contribution < -0.4 is 10.2 Å². The zero-order valence-corrected chi connectivity index (χ0v) is 13.5. The first-order valence-corrected chi connectivity index (χ1v) is 8.13. The van der Waals surface area contributed by atoms with Gasteiger partial charge in [-0.2, -0.15) is 0 Å². The number of rotatable bonds is 6. The van der Waals surface area contributed by atoms with E-state index in [4.69, 9.17) is 0 Å². The van der Waals surface area contributed by atoms with Crippen LogP contribution >= 0.6 is 0 Å². The van der Waals surface area contributed by atoms with Crippen molar-refractivity contribution < 1.29 is 4.39 Å². The molecule has 1 unspecified atom stereocenters. The second-order valence-electron chi connectivity index (χ2n) is 5.92. The van der Waals surface area contributed by atoms with Crippen LogP contribution in [0.15, 0.2) is 18.2 Å². The number of nitrogens with zero attached hydrogens (tertiary/aromatic N) is 2. The Morgan fingerprint density at radius 1 is 1.24 bits per heavy atom.